The molecule has 1 aliphatic rings. The molecule has 2 N–H and O–H groups in total. The lowest BCUT2D eigenvalue weighted by Crippen LogP contribution is -2.42. The number of nitrogens with zero attached hydrogens (tertiary/aromatic N) is 1. The Morgan fingerprint density at radius 3 is 2.53 bits per heavy atom. The molecule has 1 fully saturated rings. The number of aliphatic carboxylic acids is 1. The standard InChI is InChI=1S/C8H16N2O4S/c1-6(8(11)12)5-10(2)15(13,14)9-7-3-4-7/h6-7,9H,3-5H2,1-2H3,(H,11,12). The highest BCUT2D eigenvalue weighted by atomic mass is 32.2. The molecule has 0 amide bonds. The fourth-order valence-electron chi connectivity index (χ4n) is 1.06. The molecule has 0 aromatic heterocycles. The lowest BCUT2D eigenvalue weighted by Gasteiger charge is -2.19. The topological polar surface area (TPSA) is 86.7 Å². The molecule has 0 bridgehead atoms. The molecule has 0 heterocycles. The fraction of sp³-hybridized carbons (Fsp3) is 0.875. The summed E-state index contributed by atoms with van der Waals surface area (Å²) in [6.07, 6.45) is 1.73. The van der Waals surface area contributed by atoms with E-state index < -0.39 is 22.1 Å². The van der Waals surface area contributed by atoms with Gasteiger partial charge in [-0.15, -0.1) is 0 Å². The highest BCUT2D eigenvalue weighted by Gasteiger charge is 2.30. The van der Waals surface area contributed by atoms with E-state index in [-0.39, 0.29) is 12.6 Å². The first kappa shape index (κ1) is 12.4. The van der Waals surface area contributed by atoms with Gasteiger partial charge < -0.3 is 5.11 Å². The van der Waals surface area contributed by atoms with E-state index in [4.69, 9.17) is 5.11 Å². The lowest BCUT2D eigenvalue weighted by molar-refractivity contribution is -0.141. The van der Waals surface area contributed by atoms with Crippen molar-refractivity contribution in [2.75, 3.05) is 13.6 Å². The van der Waals surface area contributed by atoms with Crippen LogP contribution in [0.25, 0.3) is 0 Å². The first-order chi connectivity index (χ1) is 6.83. The van der Waals surface area contributed by atoms with Crippen molar-refractivity contribution >= 4 is 16.2 Å². The lowest BCUT2D eigenvalue weighted by atomic mass is 10.2. The first-order valence-corrected chi connectivity index (χ1v) is 6.23. The first-order valence-electron chi connectivity index (χ1n) is 4.79. The van der Waals surface area contributed by atoms with Crippen molar-refractivity contribution in [2.24, 2.45) is 5.92 Å². The number of nitrogens with one attached hydrogen (secondary N) is 1. The van der Waals surface area contributed by atoms with Gasteiger partial charge in [-0.2, -0.15) is 17.4 Å². The molecule has 88 valence electrons. The van der Waals surface area contributed by atoms with Gasteiger partial charge in [-0.25, -0.2) is 0 Å². The van der Waals surface area contributed by atoms with Crippen LogP contribution in [0, 0.1) is 5.92 Å². The number of carboxylic acid groups (broad SMARTS) is 1. The number of rotatable bonds is 6. The maximum Gasteiger partial charge on any atom is 0.307 e. The van der Waals surface area contributed by atoms with Crippen LogP contribution < -0.4 is 4.72 Å². The molecule has 1 saturated carbocycles. The van der Waals surface area contributed by atoms with E-state index in [1.54, 1.807) is 0 Å². The van der Waals surface area contributed by atoms with E-state index in [9.17, 15) is 13.2 Å². The van der Waals surface area contributed by atoms with Crippen LogP contribution in [0.2, 0.25) is 0 Å². The third kappa shape index (κ3) is 3.77. The molecule has 0 aromatic carbocycles. The molecular weight excluding hydrogens is 220 g/mol. The zero-order valence-electron chi connectivity index (χ0n) is 8.80. The third-order valence-corrected chi connectivity index (χ3v) is 3.86. The third-order valence-electron chi connectivity index (χ3n) is 2.26. The van der Waals surface area contributed by atoms with Crippen molar-refractivity contribution in [2.45, 2.75) is 25.8 Å². The monoisotopic (exact) mass is 236 g/mol. The Morgan fingerprint density at radius 2 is 2.13 bits per heavy atom. The maximum absolute atomic E-state index is 11.6. The molecule has 15 heavy (non-hydrogen) atoms. The Hall–Kier alpha value is -0.660. The van der Waals surface area contributed by atoms with Gasteiger partial charge in [0.05, 0.1) is 5.92 Å². The summed E-state index contributed by atoms with van der Waals surface area (Å²) in [6, 6.07) is 0.0394. The van der Waals surface area contributed by atoms with E-state index in [2.05, 4.69) is 4.72 Å². The van der Waals surface area contributed by atoms with Crippen LogP contribution in [0.4, 0.5) is 0 Å². The zero-order valence-corrected chi connectivity index (χ0v) is 9.62. The van der Waals surface area contributed by atoms with Crippen molar-refractivity contribution in [3.8, 4) is 0 Å². The van der Waals surface area contributed by atoms with E-state index in [1.165, 1.54) is 14.0 Å². The van der Waals surface area contributed by atoms with Gasteiger partial charge in [0.2, 0.25) is 0 Å². The van der Waals surface area contributed by atoms with Crippen LogP contribution in [0.5, 0.6) is 0 Å². The number of hydrogen-bond donors (Lipinski definition) is 2. The quantitative estimate of drug-likeness (QED) is 0.659. The van der Waals surface area contributed by atoms with Crippen LogP contribution in [0.1, 0.15) is 19.8 Å². The summed E-state index contributed by atoms with van der Waals surface area (Å²) >= 11 is 0. The molecule has 1 rings (SSSR count). The van der Waals surface area contributed by atoms with Crippen LogP contribution in [-0.4, -0.2) is 43.4 Å². The maximum atomic E-state index is 11.6. The number of carboxylic acids is 1. The number of hydrogen-bond acceptors (Lipinski definition) is 3. The van der Waals surface area contributed by atoms with Gasteiger partial charge in [-0.05, 0) is 12.8 Å². The molecule has 1 aliphatic carbocycles. The number of carbonyl (C=O) groups is 1. The Bertz CT molecular complexity index is 337. The summed E-state index contributed by atoms with van der Waals surface area (Å²) in [4.78, 5) is 10.6. The van der Waals surface area contributed by atoms with Gasteiger partial charge in [0.25, 0.3) is 10.2 Å². The van der Waals surface area contributed by atoms with Gasteiger partial charge in [-0.1, -0.05) is 6.92 Å². The predicted molar refractivity (Wildman–Crippen MR) is 54.5 cm³/mol. The summed E-state index contributed by atoms with van der Waals surface area (Å²) in [7, 11) is -2.13. The molecule has 0 spiro atoms. The van der Waals surface area contributed by atoms with Gasteiger partial charge in [0.1, 0.15) is 0 Å². The zero-order chi connectivity index (χ0) is 11.6. The molecule has 0 radical (unpaired) electrons. The molecule has 6 nitrogen and oxygen atoms in total. The summed E-state index contributed by atoms with van der Waals surface area (Å²) in [5, 5.41) is 8.65. The highest BCUT2D eigenvalue weighted by molar-refractivity contribution is 7.87. The summed E-state index contributed by atoms with van der Waals surface area (Å²) in [5.74, 6) is -1.70. The molecule has 1 atom stereocenters. The van der Waals surface area contributed by atoms with Crippen LogP contribution in [0.15, 0.2) is 0 Å². The SMILES string of the molecule is CC(CN(C)S(=O)(=O)NC1CC1)C(=O)O. The molecular formula is C8H16N2O4S. The van der Waals surface area contributed by atoms with Crippen molar-refractivity contribution in [1.29, 1.82) is 0 Å². The minimum absolute atomic E-state index is 0.0165. The summed E-state index contributed by atoms with van der Waals surface area (Å²) in [5.41, 5.74) is 0. The largest absolute Gasteiger partial charge is 0.481 e. The smallest absolute Gasteiger partial charge is 0.307 e. The van der Waals surface area contributed by atoms with E-state index in [0.717, 1.165) is 17.1 Å². The normalized spacial score (nSPS) is 19.1. The summed E-state index contributed by atoms with van der Waals surface area (Å²) in [6.45, 7) is 1.46. The molecule has 0 saturated heterocycles. The molecule has 1 unspecified atom stereocenters. The second kappa shape index (κ2) is 4.46. The average molecular weight is 236 g/mol. The van der Waals surface area contributed by atoms with Gasteiger partial charge in [0.15, 0.2) is 0 Å². The minimum Gasteiger partial charge on any atom is -0.481 e. The van der Waals surface area contributed by atoms with Crippen molar-refractivity contribution in [1.82, 2.24) is 9.03 Å². The van der Waals surface area contributed by atoms with Gasteiger partial charge in [0, 0.05) is 19.6 Å². The Balaban J connectivity index is 2.50. The second-order valence-corrected chi connectivity index (χ2v) is 5.73. The van der Waals surface area contributed by atoms with Gasteiger partial charge >= 0.3 is 5.97 Å². The van der Waals surface area contributed by atoms with Gasteiger partial charge in [-0.3, -0.25) is 4.79 Å². The fourth-order valence-corrected chi connectivity index (χ4v) is 2.32. The van der Waals surface area contributed by atoms with Crippen LogP contribution in [0.3, 0.4) is 0 Å². The predicted octanol–water partition coefficient (Wildman–Crippen LogP) is -0.364. The second-order valence-electron chi connectivity index (χ2n) is 3.92. The Morgan fingerprint density at radius 1 is 1.60 bits per heavy atom. The van der Waals surface area contributed by atoms with Crippen LogP contribution >= 0.6 is 0 Å². The van der Waals surface area contributed by atoms with Crippen molar-refractivity contribution in [3.63, 3.8) is 0 Å². The van der Waals surface area contributed by atoms with Crippen molar-refractivity contribution in [3.05, 3.63) is 0 Å². The Kier molecular flexibility index (Phi) is 3.69. The molecule has 0 aliphatic heterocycles. The minimum atomic E-state index is -3.51. The summed E-state index contributed by atoms with van der Waals surface area (Å²) < 4.78 is 26.6. The molecule has 7 heteroatoms. The van der Waals surface area contributed by atoms with Crippen LogP contribution in [-0.2, 0) is 15.0 Å². The van der Waals surface area contributed by atoms with Crippen molar-refractivity contribution < 1.29 is 18.3 Å². The van der Waals surface area contributed by atoms with E-state index in [0.29, 0.717) is 0 Å². The van der Waals surface area contributed by atoms with E-state index >= 15 is 0 Å². The molecule has 0 aromatic rings. The van der Waals surface area contributed by atoms with E-state index in [1.807, 2.05) is 0 Å². The Labute approximate surface area is 89.4 Å². The average Bonchev–Trinajstić information content (AvgIpc) is 2.86. The highest BCUT2D eigenvalue weighted by Crippen LogP contribution is 2.20.